The molecule has 2 unspecified atom stereocenters. The molecule has 0 amide bonds. The maximum Gasteiger partial charge on any atom is 0.0434 e. The van der Waals surface area contributed by atoms with Crippen LogP contribution in [0.4, 0.5) is 0 Å². The van der Waals surface area contributed by atoms with Gasteiger partial charge in [0, 0.05) is 11.1 Å². The van der Waals surface area contributed by atoms with Crippen molar-refractivity contribution in [2.45, 2.75) is 73.6 Å². The Hall–Kier alpha value is -1.42. The Morgan fingerprint density at radius 2 is 1.79 bits per heavy atom. The van der Waals surface area contributed by atoms with Gasteiger partial charge < -0.3 is 10.4 Å². The molecule has 1 aliphatic rings. The number of hydrogen-bond acceptors (Lipinski definition) is 2. The molecule has 0 aromatic carbocycles. The zero-order chi connectivity index (χ0) is 25.3. The van der Waals surface area contributed by atoms with E-state index in [0.29, 0.717) is 5.92 Å². The number of halogens is 1. The fourth-order valence-corrected chi connectivity index (χ4v) is 4.71. The normalized spacial score (nSPS) is 19.2. The number of rotatable bonds is 15. The highest BCUT2D eigenvalue weighted by atomic mass is 79.9. The van der Waals surface area contributed by atoms with Crippen LogP contribution in [0.25, 0.3) is 0 Å². The van der Waals surface area contributed by atoms with Gasteiger partial charge in [0.2, 0.25) is 0 Å². The molecule has 0 radical (unpaired) electrons. The molecule has 1 saturated heterocycles. The van der Waals surface area contributed by atoms with Crippen molar-refractivity contribution in [1.29, 1.82) is 0 Å². The minimum atomic E-state index is 0.220. The van der Waals surface area contributed by atoms with Crippen LogP contribution in [0.15, 0.2) is 81.5 Å². The Morgan fingerprint density at radius 3 is 2.35 bits per heavy atom. The van der Waals surface area contributed by atoms with Gasteiger partial charge in [-0.25, -0.2) is 0 Å². The van der Waals surface area contributed by atoms with Crippen molar-refractivity contribution in [3.05, 3.63) is 81.5 Å². The molecule has 0 aromatic heterocycles. The van der Waals surface area contributed by atoms with E-state index < -0.39 is 0 Å². The van der Waals surface area contributed by atoms with E-state index >= 15 is 0 Å². The quantitative estimate of drug-likeness (QED) is 0.208. The predicted molar refractivity (Wildman–Crippen MR) is 155 cm³/mol. The lowest BCUT2D eigenvalue weighted by Crippen LogP contribution is -2.44. The fourth-order valence-electron chi connectivity index (χ4n) is 4.23. The maximum absolute atomic E-state index is 9.65. The second-order valence-corrected chi connectivity index (χ2v) is 10.3. The largest absolute Gasteiger partial charge is 0.396 e. The summed E-state index contributed by atoms with van der Waals surface area (Å²) in [4.78, 5) is 0. The van der Waals surface area contributed by atoms with Gasteiger partial charge in [-0.05, 0) is 87.9 Å². The highest BCUT2D eigenvalue weighted by molar-refractivity contribution is 9.11. The zero-order valence-electron chi connectivity index (χ0n) is 22.4. The molecule has 34 heavy (non-hydrogen) atoms. The van der Waals surface area contributed by atoms with Crippen molar-refractivity contribution >= 4 is 15.9 Å². The molecule has 0 aromatic rings. The third-order valence-electron chi connectivity index (χ3n) is 6.35. The van der Waals surface area contributed by atoms with E-state index in [9.17, 15) is 5.11 Å². The van der Waals surface area contributed by atoms with Crippen molar-refractivity contribution in [3.63, 3.8) is 0 Å². The van der Waals surface area contributed by atoms with Crippen LogP contribution in [0.5, 0.6) is 0 Å². The highest BCUT2D eigenvalue weighted by Gasteiger charge is 2.22. The van der Waals surface area contributed by atoms with Crippen molar-refractivity contribution in [2.75, 3.05) is 19.7 Å². The number of aliphatic hydroxyl groups is 1. The first-order valence-corrected chi connectivity index (χ1v) is 13.9. The van der Waals surface area contributed by atoms with Crippen LogP contribution in [-0.2, 0) is 0 Å². The van der Waals surface area contributed by atoms with Gasteiger partial charge in [0.25, 0.3) is 0 Å². The van der Waals surface area contributed by atoms with Gasteiger partial charge in [-0.3, -0.25) is 0 Å². The molecule has 2 N–H and O–H groups in total. The standard InChI is InChI=1S/C31H48BrNO/c1-7-10-14-24(4)21-28(15-11-20-34)31(26(6)17-19-30(32)13-9-3)27(12-8-2)18-16-25(5)29-22-33-23-29/h7,10,12-14,16-19,25-26,29,33-34H,8-9,11,15,20-23H2,1-6H3/b10-7-,18-16-,19-17-,24-14+,27-12+,30-13+,31-28-. The van der Waals surface area contributed by atoms with Gasteiger partial charge >= 0.3 is 0 Å². The summed E-state index contributed by atoms with van der Waals surface area (Å²) < 4.78 is 1.13. The van der Waals surface area contributed by atoms with Gasteiger partial charge in [0.1, 0.15) is 0 Å². The molecule has 190 valence electrons. The smallest absolute Gasteiger partial charge is 0.0434 e. The summed E-state index contributed by atoms with van der Waals surface area (Å²) >= 11 is 3.69. The Balaban J connectivity index is 3.53. The van der Waals surface area contributed by atoms with Crippen molar-refractivity contribution < 1.29 is 5.11 Å². The minimum Gasteiger partial charge on any atom is -0.396 e. The molecule has 0 spiro atoms. The second-order valence-electron chi connectivity index (χ2n) is 9.41. The Labute approximate surface area is 218 Å². The summed E-state index contributed by atoms with van der Waals surface area (Å²) in [7, 11) is 0. The van der Waals surface area contributed by atoms with Crippen molar-refractivity contribution in [1.82, 2.24) is 5.32 Å². The first-order chi connectivity index (χ1) is 16.4. The second kappa shape index (κ2) is 17.9. The van der Waals surface area contributed by atoms with Crippen LogP contribution in [-0.4, -0.2) is 24.8 Å². The summed E-state index contributed by atoms with van der Waals surface area (Å²) in [6.07, 6.45) is 24.9. The third kappa shape index (κ3) is 11.3. The van der Waals surface area contributed by atoms with E-state index in [-0.39, 0.29) is 12.5 Å². The lowest BCUT2D eigenvalue weighted by molar-refractivity contribution is 0.286. The van der Waals surface area contributed by atoms with E-state index in [1.165, 1.54) is 22.3 Å². The van der Waals surface area contributed by atoms with Crippen LogP contribution in [0, 0.1) is 17.8 Å². The topological polar surface area (TPSA) is 32.3 Å². The Bertz CT molecular complexity index is 805. The molecule has 0 saturated carbocycles. The zero-order valence-corrected chi connectivity index (χ0v) is 24.0. The monoisotopic (exact) mass is 529 g/mol. The van der Waals surface area contributed by atoms with Gasteiger partial charge in [-0.1, -0.05) is 109 Å². The van der Waals surface area contributed by atoms with Gasteiger partial charge in [-0.2, -0.15) is 0 Å². The van der Waals surface area contributed by atoms with Crippen molar-refractivity contribution in [3.8, 4) is 0 Å². The average molecular weight is 531 g/mol. The third-order valence-corrected chi connectivity index (χ3v) is 6.94. The molecule has 0 aliphatic carbocycles. The van der Waals surface area contributed by atoms with E-state index in [1.54, 1.807) is 0 Å². The first-order valence-electron chi connectivity index (χ1n) is 13.1. The minimum absolute atomic E-state index is 0.220. The first kappa shape index (κ1) is 30.6. The summed E-state index contributed by atoms with van der Waals surface area (Å²) in [5.74, 6) is 1.57. The van der Waals surface area contributed by atoms with E-state index in [2.05, 4.69) is 117 Å². The molecule has 2 nitrogen and oxygen atoms in total. The number of aliphatic hydroxyl groups excluding tert-OH is 1. The SMILES string of the molecule is C/C=C\C=C(/C)C\C(CCCO)=C(C(/C=C\C(C)C1CNC1)=C/CC)\C(C)/C=C\C(Br)=C/CC. The van der Waals surface area contributed by atoms with Crippen LogP contribution in [0.1, 0.15) is 73.6 Å². The molecule has 0 bridgehead atoms. The average Bonchev–Trinajstić information content (AvgIpc) is 2.77. The van der Waals surface area contributed by atoms with Crippen LogP contribution < -0.4 is 5.32 Å². The number of nitrogens with one attached hydrogen (secondary N) is 1. The maximum atomic E-state index is 9.65. The number of allylic oxidation sites excluding steroid dienone is 14. The molecular formula is C31H48BrNO. The fraction of sp³-hybridized carbons (Fsp3) is 0.548. The van der Waals surface area contributed by atoms with Crippen LogP contribution >= 0.6 is 15.9 Å². The van der Waals surface area contributed by atoms with E-state index in [4.69, 9.17) is 0 Å². The highest BCUT2D eigenvalue weighted by Crippen LogP contribution is 2.33. The van der Waals surface area contributed by atoms with Gasteiger partial charge in [0.05, 0.1) is 0 Å². The summed E-state index contributed by atoms with van der Waals surface area (Å²) in [5, 5.41) is 13.0. The molecule has 1 fully saturated rings. The summed E-state index contributed by atoms with van der Waals surface area (Å²) in [5.41, 5.74) is 5.52. The van der Waals surface area contributed by atoms with Crippen molar-refractivity contribution in [2.24, 2.45) is 17.8 Å². The lowest BCUT2D eigenvalue weighted by atomic mass is 9.82. The van der Waals surface area contributed by atoms with Crippen LogP contribution in [0.3, 0.4) is 0 Å². The lowest BCUT2D eigenvalue weighted by Gasteiger charge is -2.31. The number of hydrogen-bond donors (Lipinski definition) is 2. The van der Waals surface area contributed by atoms with E-state index in [1.807, 2.05) is 0 Å². The van der Waals surface area contributed by atoms with Gasteiger partial charge in [-0.15, -0.1) is 0 Å². The molecule has 2 atom stereocenters. The molecule has 1 rings (SSSR count). The van der Waals surface area contributed by atoms with E-state index in [0.717, 1.165) is 55.6 Å². The molecular weight excluding hydrogens is 482 g/mol. The Morgan fingerprint density at radius 1 is 1.09 bits per heavy atom. The summed E-state index contributed by atoms with van der Waals surface area (Å²) in [6, 6.07) is 0. The predicted octanol–water partition coefficient (Wildman–Crippen LogP) is 8.60. The summed E-state index contributed by atoms with van der Waals surface area (Å²) in [6.45, 7) is 15.7. The Kier molecular flexibility index (Phi) is 16.1. The molecule has 3 heteroatoms. The molecule has 1 heterocycles. The van der Waals surface area contributed by atoms with Crippen LogP contribution in [0.2, 0.25) is 0 Å². The molecule has 1 aliphatic heterocycles. The van der Waals surface area contributed by atoms with Gasteiger partial charge in [0.15, 0.2) is 0 Å².